The average Bonchev–Trinajstić information content (AvgIpc) is 2.76. The third-order valence-corrected chi connectivity index (χ3v) is 4.24. The summed E-state index contributed by atoms with van der Waals surface area (Å²) in [5, 5.41) is 9.22. The van der Waals surface area contributed by atoms with Gasteiger partial charge in [-0.05, 0) is 31.2 Å². The van der Waals surface area contributed by atoms with Crippen LogP contribution in [-0.4, -0.2) is 21.4 Å². The predicted molar refractivity (Wildman–Crippen MR) is 72.5 cm³/mol. The number of aromatic nitrogens is 1. The number of ketones is 1. The minimum atomic E-state index is -0.962. The lowest BCUT2D eigenvalue weighted by molar-refractivity contribution is 0.0681. The highest BCUT2D eigenvalue weighted by Gasteiger charge is 2.24. The van der Waals surface area contributed by atoms with E-state index in [1.54, 1.807) is 10.8 Å². The molecule has 1 aromatic heterocycles. The normalized spacial score (nSPS) is 23.3. The fraction of sp³-hybridized carbons (Fsp3) is 0.600. The van der Waals surface area contributed by atoms with Crippen LogP contribution >= 0.6 is 0 Å². The maximum absolute atomic E-state index is 11.4. The first-order valence-electron chi connectivity index (χ1n) is 6.93. The number of Topliss-reactive ketones (excluding diaryl/α,β-unsaturated/α-hetero) is 1. The van der Waals surface area contributed by atoms with Gasteiger partial charge in [0.2, 0.25) is 0 Å². The van der Waals surface area contributed by atoms with E-state index in [1.165, 1.54) is 32.3 Å². The molecule has 2 unspecified atom stereocenters. The maximum atomic E-state index is 11.4. The minimum absolute atomic E-state index is 0.0852. The summed E-state index contributed by atoms with van der Waals surface area (Å²) in [5.41, 5.74) is 0.712. The Kier molecular flexibility index (Phi) is 4.08. The number of carbonyl (C=O) groups excluding carboxylic acids is 1. The van der Waals surface area contributed by atoms with E-state index < -0.39 is 5.97 Å². The fourth-order valence-corrected chi connectivity index (χ4v) is 2.95. The molecule has 0 aromatic carbocycles. The van der Waals surface area contributed by atoms with Crippen LogP contribution in [0.3, 0.4) is 0 Å². The summed E-state index contributed by atoms with van der Waals surface area (Å²) in [5.74, 6) is 0.0894. The van der Waals surface area contributed by atoms with Crippen LogP contribution in [0.5, 0.6) is 0 Å². The molecule has 1 N–H and O–H groups in total. The molecule has 0 radical (unpaired) electrons. The number of carbonyl (C=O) groups is 2. The van der Waals surface area contributed by atoms with E-state index in [0.29, 0.717) is 23.9 Å². The van der Waals surface area contributed by atoms with Gasteiger partial charge in [0, 0.05) is 18.3 Å². The number of carboxylic acid groups (broad SMARTS) is 1. The summed E-state index contributed by atoms with van der Waals surface area (Å²) >= 11 is 0. The van der Waals surface area contributed by atoms with Crippen molar-refractivity contribution in [3.63, 3.8) is 0 Å². The van der Waals surface area contributed by atoms with Crippen LogP contribution in [-0.2, 0) is 6.54 Å². The van der Waals surface area contributed by atoms with E-state index in [-0.39, 0.29) is 11.5 Å². The number of carboxylic acids is 1. The Bertz CT molecular complexity index is 490. The van der Waals surface area contributed by atoms with Gasteiger partial charge in [0.1, 0.15) is 5.69 Å². The second-order valence-corrected chi connectivity index (χ2v) is 5.65. The van der Waals surface area contributed by atoms with Gasteiger partial charge in [-0.25, -0.2) is 4.79 Å². The molecule has 0 amide bonds. The topological polar surface area (TPSA) is 59.3 Å². The van der Waals surface area contributed by atoms with Crippen molar-refractivity contribution in [1.29, 1.82) is 0 Å². The summed E-state index contributed by atoms with van der Waals surface area (Å²) in [6.07, 6.45) is 6.54. The van der Waals surface area contributed by atoms with Crippen molar-refractivity contribution in [1.82, 2.24) is 4.57 Å². The molecule has 1 aliphatic rings. The highest BCUT2D eigenvalue weighted by atomic mass is 16.4. The molecular weight excluding hydrogens is 242 g/mol. The average molecular weight is 263 g/mol. The third kappa shape index (κ3) is 3.06. The standard InChI is InChI=1S/C15H21NO3/c1-10-5-3-4-6-12(10)8-16-9-13(11(2)17)7-14(16)15(18)19/h7,9-10,12H,3-6,8H2,1-2H3,(H,18,19). The van der Waals surface area contributed by atoms with Crippen molar-refractivity contribution in [3.05, 3.63) is 23.5 Å². The van der Waals surface area contributed by atoms with E-state index in [4.69, 9.17) is 0 Å². The maximum Gasteiger partial charge on any atom is 0.352 e. The summed E-state index contributed by atoms with van der Waals surface area (Å²) in [6, 6.07) is 1.48. The van der Waals surface area contributed by atoms with Crippen LogP contribution in [0, 0.1) is 11.8 Å². The molecule has 2 atom stereocenters. The van der Waals surface area contributed by atoms with Crippen LogP contribution in [0.25, 0.3) is 0 Å². The zero-order valence-corrected chi connectivity index (χ0v) is 11.6. The van der Waals surface area contributed by atoms with Gasteiger partial charge in [-0.2, -0.15) is 0 Å². The summed E-state index contributed by atoms with van der Waals surface area (Å²) < 4.78 is 1.74. The number of hydrogen-bond acceptors (Lipinski definition) is 2. The van der Waals surface area contributed by atoms with Crippen molar-refractivity contribution < 1.29 is 14.7 Å². The lowest BCUT2D eigenvalue weighted by Crippen LogP contribution is -2.23. The molecule has 2 rings (SSSR count). The number of hydrogen-bond donors (Lipinski definition) is 1. The Hall–Kier alpha value is -1.58. The SMILES string of the molecule is CC(=O)c1cc(C(=O)O)n(CC2CCCCC2C)c1. The molecule has 19 heavy (non-hydrogen) atoms. The first kappa shape index (κ1) is 13.8. The monoisotopic (exact) mass is 263 g/mol. The molecule has 1 aromatic rings. The van der Waals surface area contributed by atoms with E-state index >= 15 is 0 Å². The summed E-state index contributed by atoms with van der Waals surface area (Å²) in [4.78, 5) is 22.6. The summed E-state index contributed by atoms with van der Waals surface area (Å²) in [6.45, 7) is 4.41. The molecule has 0 saturated heterocycles. The molecular formula is C15H21NO3. The molecule has 4 nitrogen and oxygen atoms in total. The number of nitrogens with zero attached hydrogens (tertiary/aromatic N) is 1. The molecule has 0 spiro atoms. The van der Waals surface area contributed by atoms with Crippen molar-refractivity contribution >= 4 is 11.8 Å². The van der Waals surface area contributed by atoms with Gasteiger partial charge < -0.3 is 9.67 Å². The van der Waals surface area contributed by atoms with Crippen LogP contribution in [0.2, 0.25) is 0 Å². The van der Waals surface area contributed by atoms with Crippen molar-refractivity contribution in [2.75, 3.05) is 0 Å². The Morgan fingerprint density at radius 3 is 2.63 bits per heavy atom. The molecule has 4 heteroatoms. The fourth-order valence-electron chi connectivity index (χ4n) is 2.95. The van der Waals surface area contributed by atoms with Gasteiger partial charge in [-0.15, -0.1) is 0 Å². The molecule has 0 aliphatic heterocycles. The zero-order chi connectivity index (χ0) is 14.0. The summed E-state index contributed by atoms with van der Waals surface area (Å²) in [7, 11) is 0. The van der Waals surface area contributed by atoms with Gasteiger partial charge in [-0.3, -0.25) is 4.79 Å². The van der Waals surface area contributed by atoms with Gasteiger partial charge in [0.05, 0.1) is 0 Å². The zero-order valence-electron chi connectivity index (χ0n) is 11.6. The third-order valence-electron chi connectivity index (χ3n) is 4.24. The minimum Gasteiger partial charge on any atom is -0.477 e. The van der Waals surface area contributed by atoms with Gasteiger partial charge in [-0.1, -0.05) is 26.2 Å². The predicted octanol–water partition coefficient (Wildman–Crippen LogP) is 3.22. The Labute approximate surface area is 113 Å². The van der Waals surface area contributed by atoms with E-state index in [2.05, 4.69) is 6.92 Å². The number of rotatable bonds is 4. The Morgan fingerprint density at radius 2 is 2.05 bits per heavy atom. The number of aromatic carboxylic acids is 1. The van der Waals surface area contributed by atoms with Crippen LogP contribution in [0.4, 0.5) is 0 Å². The van der Waals surface area contributed by atoms with E-state index in [1.807, 2.05) is 0 Å². The molecule has 104 valence electrons. The van der Waals surface area contributed by atoms with Gasteiger partial charge >= 0.3 is 5.97 Å². The second kappa shape index (κ2) is 5.59. The van der Waals surface area contributed by atoms with Crippen molar-refractivity contribution in [2.24, 2.45) is 11.8 Å². The van der Waals surface area contributed by atoms with Crippen LogP contribution in [0.1, 0.15) is 60.4 Å². The van der Waals surface area contributed by atoms with Crippen molar-refractivity contribution in [2.45, 2.75) is 46.1 Å². The van der Waals surface area contributed by atoms with E-state index in [9.17, 15) is 14.7 Å². The second-order valence-electron chi connectivity index (χ2n) is 5.65. The Morgan fingerprint density at radius 1 is 1.37 bits per heavy atom. The molecule has 0 bridgehead atoms. The molecule has 1 fully saturated rings. The highest BCUT2D eigenvalue weighted by molar-refractivity contribution is 5.97. The largest absolute Gasteiger partial charge is 0.477 e. The lowest BCUT2D eigenvalue weighted by Gasteiger charge is -2.29. The molecule has 1 saturated carbocycles. The van der Waals surface area contributed by atoms with Gasteiger partial charge in [0.25, 0.3) is 0 Å². The smallest absolute Gasteiger partial charge is 0.352 e. The lowest BCUT2D eigenvalue weighted by atomic mass is 9.80. The van der Waals surface area contributed by atoms with E-state index in [0.717, 1.165) is 6.42 Å². The quantitative estimate of drug-likeness (QED) is 0.848. The Balaban J connectivity index is 2.22. The molecule has 1 aliphatic carbocycles. The first-order chi connectivity index (χ1) is 8.99. The first-order valence-corrected chi connectivity index (χ1v) is 6.93. The van der Waals surface area contributed by atoms with Gasteiger partial charge in [0.15, 0.2) is 5.78 Å². The highest BCUT2D eigenvalue weighted by Crippen LogP contribution is 2.31. The van der Waals surface area contributed by atoms with Crippen molar-refractivity contribution in [3.8, 4) is 0 Å². The van der Waals surface area contributed by atoms with Crippen LogP contribution in [0.15, 0.2) is 12.3 Å². The molecule has 1 heterocycles. The van der Waals surface area contributed by atoms with Crippen LogP contribution < -0.4 is 0 Å².